The van der Waals surface area contributed by atoms with E-state index in [2.05, 4.69) is 50.3 Å². The number of hydrogen-bond donors (Lipinski definition) is 1. The van der Waals surface area contributed by atoms with Gasteiger partial charge in [0.05, 0.1) is 0 Å². The SMILES string of the molecule is CCCCC(=N)c1ccccc1C1C=CC(C)=C1. The van der Waals surface area contributed by atoms with Crippen LogP contribution in [0.2, 0.25) is 0 Å². The molecule has 0 heterocycles. The normalized spacial score (nSPS) is 17.9. The van der Waals surface area contributed by atoms with Crippen molar-refractivity contribution in [1.29, 1.82) is 5.41 Å². The number of benzene rings is 1. The first kappa shape index (κ1) is 12.8. The summed E-state index contributed by atoms with van der Waals surface area (Å²) < 4.78 is 0. The number of hydrogen-bond acceptors (Lipinski definition) is 1. The summed E-state index contributed by atoms with van der Waals surface area (Å²) in [6, 6.07) is 8.35. The van der Waals surface area contributed by atoms with Crippen LogP contribution in [0.4, 0.5) is 0 Å². The second-order valence-corrected chi connectivity index (χ2v) is 4.96. The minimum absolute atomic E-state index is 0.350. The molecule has 0 amide bonds. The predicted octanol–water partition coefficient (Wildman–Crippen LogP) is 4.84. The summed E-state index contributed by atoms with van der Waals surface area (Å²) in [5.74, 6) is 0.350. The van der Waals surface area contributed by atoms with Crippen LogP contribution >= 0.6 is 0 Å². The van der Waals surface area contributed by atoms with E-state index in [4.69, 9.17) is 5.41 Å². The van der Waals surface area contributed by atoms with Crippen molar-refractivity contribution < 1.29 is 0 Å². The molecule has 0 fully saturated rings. The van der Waals surface area contributed by atoms with E-state index in [9.17, 15) is 0 Å². The van der Waals surface area contributed by atoms with Gasteiger partial charge in [-0.1, -0.05) is 61.4 Å². The van der Waals surface area contributed by atoms with Crippen molar-refractivity contribution in [2.75, 3.05) is 0 Å². The highest BCUT2D eigenvalue weighted by molar-refractivity contribution is 5.99. The average molecular weight is 239 g/mol. The zero-order chi connectivity index (χ0) is 13.0. The van der Waals surface area contributed by atoms with E-state index in [1.165, 1.54) is 11.1 Å². The Hall–Kier alpha value is -1.63. The molecular weight excluding hydrogens is 218 g/mol. The molecule has 1 unspecified atom stereocenters. The molecule has 1 heteroatoms. The highest BCUT2D eigenvalue weighted by atomic mass is 14.4. The molecule has 2 rings (SSSR count). The number of rotatable bonds is 5. The van der Waals surface area contributed by atoms with E-state index >= 15 is 0 Å². The molecule has 0 saturated carbocycles. The Balaban J connectivity index is 2.26. The lowest BCUT2D eigenvalue weighted by Gasteiger charge is -2.13. The fraction of sp³-hybridized carbons (Fsp3) is 0.353. The molecule has 0 spiro atoms. The van der Waals surface area contributed by atoms with Crippen molar-refractivity contribution in [2.24, 2.45) is 0 Å². The molecule has 1 aromatic rings. The third-order valence-electron chi connectivity index (χ3n) is 3.43. The van der Waals surface area contributed by atoms with Gasteiger partial charge in [-0.2, -0.15) is 0 Å². The Morgan fingerprint density at radius 3 is 2.72 bits per heavy atom. The van der Waals surface area contributed by atoms with E-state index in [-0.39, 0.29) is 0 Å². The Bertz CT molecular complexity index is 494. The average Bonchev–Trinajstić information content (AvgIpc) is 2.82. The summed E-state index contributed by atoms with van der Waals surface area (Å²) in [6.07, 6.45) is 9.78. The van der Waals surface area contributed by atoms with Crippen molar-refractivity contribution in [3.8, 4) is 0 Å². The van der Waals surface area contributed by atoms with Gasteiger partial charge in [-0.25, -0.2) is 0 Å². The van der Waals surface area contributed by atoms with Crippen LogP contribution < -0.4 is 0 Å². The quantitative estimate of drug-likeness (QED) is 0.711. The predicted molar refractivity (Wildman–Crippen MR) is 78.4 cm³/mol. The summed E-state index contributed by atoms with van der Waals surface area (Å²) in [7, 11) is 0. The first-order valence-corrected chi connectivity index (χ1v) is 6.75. The maximum Gasteiger partial charge on any atom is 0.0389 e. The van der Waals surface area contributed by atoms with Gasteiger partial charge in [-0.3, -0.25) is 0 Å². The highest BCUT2D eigenvalue weighted by Gasteiger charge is 2.15. The summed E-state index contributed by atoms with van der Waals surface area (Å²) in [4.78, 5) is 0. The first-order chi connectivity index (χ1) is 8.72. The van der Waals surface area contributed by atoms with Crippen LogP contribution in [-0.2, 0) is 0 Å². The van der Waals surface area contributed by atoms with Gasteiger partial charge in [-0.15, -0.1) is 0 Å². The number of unbranched alkanes of at least 4 members (excludes halogenated alkanes) is 1. The smallest absolute Gasteiger partial charge is 0.0389 e. The van der Waals surface area contributed by atoms with E-state index in [0.29, 0.717) is 5.92 Å². The molecule has 1 atom stereocenters. The van der Waals surface area contributed by atoms with Gasteiger partial charge in [0.2, 0.25) is 0 Å². The van der Waals surface area contributed by atoms with E-state index in [1.807, 2.05) is 6.07 Å². The highest BCUT2D eigenvalue weighted by Crippen LogP contribution is 2.29. The van der Waals surface area contributed by atoms with E-state index in [0.717, 1.165) is 30.5 Å². The molecule has 1 nitrogen and oxygen atoms in total. The molecule has 18 heavy (non-hydrogen) atoms. The van der Waals surface area contributed by atoms with Crippen LogP contribution in [0.15, 0.2) is 48.1 Å². The van der Waals surface area contributed by atoms with Gasteiger partial charge >= 0.3 is 0 Å². The molecule has 1 aliphatic carbocycles. The maximum atomic E-state index is 8.24. The van der Waals surface area contributed by atoms with Crippen molar-refractivity contribution in [2.45, 2.75) is 39.0 Å². The lowest BCUT2D eigenvalue weighted by molar-refractivity contribution is 0.832. The number of allylic oxidation sites excluding steroid dienone is 4. The van der Waals surface area contributed by atoms with E-state index in [1.54, 1.807) is 0 Å². The topological polar surface area (TPSA) is 23.9 Å². The molecule has 0 aromatic heterocycles. The van der Waals surface area contributed by atoms with Crippen LogP contribution in [0.25, 0.3) is 0 Å². The second-order valence-electron chi connectivity index (χ2n) is 4.96. The third kappa shape index (κ3) is 2.79. The molecule has 0 saturated heterocycles. The fourth-order valence-electron chi connectivity index (χ4n) is 2.39. The summed E-state index contributed by atoms with van der Waals surface area (Å²) in [5.41, 5.74) is 4.48. The Morgan fingerprint density at radius 1 is 1.28 bits per heavy atom. The van der Waals surface area contributed by atoms with Crippen molar-refractivity contribution in [1.82, 2.24) is 0 Å². The fourth-order valence-corrected chi connectivity index (χ4v) is 2.39. The Labute approximate surface area is 110 Å². The Kier molecular flexibility index (Phi) is 4.14. The van der Waals surface area contributed by atoms with Crippen LogP contribution in [0.3, 0.4) is 0 Å². The molecular formula is C17H21N. The van der Waals surface area contributed by atoms with Gasteiger partial charge < -0.3 is 5.41 Å². The second kappa shape index (κ2) is 5.81. The van der Waals surface area contributed by atoms with Crippen molar-refractivity contribution in [3.63, 3.8) is 0 Å². The van der Waals surface area contributed by atoms with Gasteiger partial charge in [0, 0.05) is 11.6 Å². The third-order valence-corrected chi connectivity index (χ3v) is 3.43. The molecule has 0 aliphatic heterocycles. The molecule has 1 aromatic carbocycles. The van der Waals surface area contributed by atoms with Crippen LogP contribution in [0.5, 0.6) is 0 Å². The molecule has 0 bridgehead atoms. The van der Waals surface area contributed by atoms with Crippen LogP contribution in [0, 0.1) is 5.41 Å². The molecule has 1 N–H and O–H groups in total. The van der Waals surface area contributed by atoms with Gasteiger partial charge in [0.15, 0.2) is 0 Å². The summed E-state index contributed by atoms with van der Waals surface area (Å²) in [6.45, 7) is 4.30. The standard InChI is InChI=1S/C17H21N/c1-3-4-9-17(18)16-8-6-5-7-15(16)14-11-10-13(2)12-14/h5-8,10-12,14,18H,3-4,9H2,1-2H3. The summed E-state index contributed by atoms with van der Waals surface area (Å²) in [5, 5.41) is 8.24. The zero-order valence-corrected chi connectivity index (χ0v) is 11.2. The lowest BCUT2D eigenvalue weighted by atomic mass is 9.91. The monoisotopic (exact) mass is 239 g/mol. The van der Waals surface area contributed by atoms with Crippen molar-refractivity contribution >= 4 is 5.71 Å². The lowest BCUT2D eigenvalue weighted by Crippen LogP contribution is -2.05. The van der Waals surface area contributed by atoms with Crippen LogP contribution in [0.1, 0.15) is 50.2 Å². The minimum atomic E-state index is 0.350. The Morgan fingerprint density at radius 2 is 2.06 bits per heavy atom. The van der Waals surface area contributed by atoms with E-state index < -0.39 is 0 Å². The van der Waals surface area contributed by atoms with Crippen LogP contribution in [-0.4, -0.2) is 5.71 Å². The first-order valence-electron chi connectivity index (χ1n) is 6.75. The van der Waals surface area contributed by atoms with Crippen molar-refractivity contribution in [3.05, 3.63) is 59.2 Å². The largest absolute Gasteiger partial charge is 0.305 e. The molecule has 1 aliphatic rings. The molecule has 0 radical (unpaired) electrons. The summed E-state index contributed by atoms with van der Waals surface area (Å²) >= 11 is 0. The van der Waals surface area contributed by atoms with Gasteiger partial charge in [0.1, 0.15) is 0 Å². The maximum absolute atomic E-state index is 8.24. The minimum Gasteiger partial charge on any atom is -0.305 e. The van der Waals surface area contributed by atoms with Gasteiger partial charge in [0.25, 0.3) is 0 Å². The van der Waals surface area contributed by atoms with Gasteiger partial charge in [-0.05, 0) is 30.9 Å². The molecule has 94 valence electrons. The number of nitrogens with one attached hydrogen (secondary N) is 1. The zero-order valence-electron chi connectivity index (χ0n) is 11.2.